The molecule has 0 atom stereocenters. The summed E-state index contributed by atoms with van der Waals surface area (Å²) in [5.41, 5.74) is 7.10. The van der Waals surface area contributed by atoms with E-state index in [1.807, 2.05) is 13.8 Å². The van der Waals surface area contributed by atoms with Crippen molar-refractivity contribution in [2.45, 2.75) is 31.6 Å². The van der Waals surface area contributed by atoms with E-state index in [4.69, 9.17) is 5.73 Å². The molecule has 0 saturated heterocycles. The average Bonchev–Trinajstić information content (AvgIpc) is 3.08. The topological polar surface area (TPSA) is 63.4 Å². The second-order valence-electron chi connectivity index (χ2n) is 4.98. The first kappa shape index (κ1) is 13.4. The van der Waals surface area contributed by atoms with Crippen molar-refractivity contribution >= 4 is 15.7 Å². The number of benzene rings is 1. The Bertz CT molecular complexity index is 516. The molecule has 0 heterocycles. The van der Waals surface area contributed by atoms with Crippen molar-refractivity contribution in [3.63, 3.8) is 0 Å². The van der Waals surface area contributed by atoms with Crippen LogP contribution >= 0.6 is 0 Å². The van der Waals surface area contributed by atoms with Crippen molar-refractivity contribution in [2.24, 2.45) is 5.92 Å². The number of rotatable bonds is 5. The van der Waals surface area contributed by atoms with Crippen LogP contribution in [-0.2, 0) is 10.0 Å². The van der Waals surface area contributed by atoms with Gasteiger partial charge in [0.2, 0.25) is 10.0 Å². The summed E-state index contributed by atoms with van der Waals surface area (Å²) < 4.78 is 26.6. The van der Waals surface area contributed by atoms with Gasteiger partial charge in [-0.2, -0.15) is 4.31 Å². The van der Waals surface area contributed by atoms with Gasteiger partial charge in [-0.25, -0.2) is 8.42 Å². The van der Waals surface area contributed by atoms with Crippen LogP contribution in [0.1, 0.15) is 25.3 Å². The van der Waals surface area contributed by atoms with Crippen molar-refractivity contribution in [1.29, 1.82) is 0 Å². The van der Waals surface area contributed by atoms with E-state index in [0.29, 0.717) is 29.6 Å². The first-order valence-corrected chi connectivity index (χ1v) is 7.75. The number of nitrogens with zero attached hydrogens (tertiary/aromatic N) is 1. The lowest BCUT2D eigenvalue weighted by atomic mass is 10.2. The molecule has 18 heavy (non-hydrogen) atoms. The van der Waals surface area contributed by atoms with Crippen LogP contribution in [-0.4, -0.2) is 25.8 Å². The molecule has 0 aliphatic heterocycles. The molecule has 0 aromatic heterocycles. The van der Waals surface area contributed by atoms with Crippen LogP contribution in [0.4, 0.5) is 5.69 Å². The van der Waals surface area contributed by atoms with Gasteiger partial charge >= 0.3 is 0 Å². The molecule has 2 N–H and O–H groups in total. The van der Waals surface area contributed by atoms with E-state index in [2.05, 4.69) is 0 Å². The third-order valence-electron chi connectivity index (χ3n) is 3.22. The third-order valence-corrected chi connectivity index (χ3v) is 5.14. The zero-order chi connectivity index (χ0) is 13.3. The first-order chi connectivity index (χ1) is 8.43. The van der Waals surface area contributed by atoms with Gasteiger partial charge in [-0.3, -0.25) is 0 Å². The Kier molecular flexibility index (Phi) is 3.64. The normalized spacial score (nSPS) is 16.2. The van der Waals surface area contributed by atoms with Crippen LogP contribution in [0.2, 0.25) is 0 Å². The molecule has 0 unspecified atom stereocenters. The van der Waals surface area contributed by atoms with Gasteiger partial charge in [0, 0.05) is 18.8 Å². The number of nitrogens with two attached hydrogens (primary N) is 1. The number of hydrogen-bond acceptors (Lipinski definition) is 3. The lowest BCUT2D eigenvalue weighted by molar-refractivity contribution is 0.412. The Morgan fingerprint density at radius 2 is 2.00 bits per heavy atom. The maximum absolute atomic E-state index is 12.5. The van der Waals surface area contributed by atoms with E-state index >= 15 is 0 Å². The Balaban J connectivity index is 2.32. The summed E-state index contributed by atoms with van der Waals surface area (Å²) in [5.74, 6) is 0.543. The lowest BCUT2D eigenvalue weighted by Gasteiger charge is -2.20. The molecular weight excluding hydrogens is 248 g/mol. The number of anilines is 1. The minimum atomic E-state index is -3.40. The Morgan fingerprint density at radius 1 is 1.33 bits per heavy atom. The summed E-state index contributed by atoms with van der Waals surface area (Å²) in [6.45, 7) is 4.87. The lowest BCUT2D eigenvalue weighted by Crippen LogP contribution is -2.32. The zero-order valence-corrected chi connectivity index (χ0v) is 11.7. The van der Waals surface area contributed by atoms with Gasteiger partial charge in [0.1, 0.15) is 0 Å². The van der Waals surface area contributed by atoms with E-state index in [-0.39, 0.29) is 0 Å². The van der Waals surface area contributed by atoms with E-state index in [0.717, 1.165) is 18.4 Å². The highest BCUT2D eigenvalue weighted by atomic mass is 32.2. The molecule has 1 fully saturated rings. The summed E-state index contributed by atoms with van der Waals surface area (Å²) in [7, 11) is -3.40. The fraction of sp³-hybridized carbons (Fsp3) is 0.538. The Labute approximate surface area is 109 Å². The Hall–Kier alpha value is -1.07. The predicted molar refractivity (Wildman–Crippen MR) is 72.7 cm³/mol. The summed E-state index contributed by atoms with van der Waals surface area (Å²) in [6.07, 6.45) is 2.28. The average molecular weight is 268 g/mol. The van der Waals surface area contributed by atoms with Crippen LogP contribution in [0.5, 0.6) is 0 Å². The molecule has 1 aromatic rings. The maximum Gasteiger partial charge on any atom is 0.243 e. The molecule has 0 bridgehead atoms. The molecule has 1 aromatic carbocycles. The fourth-order valence-electron chi connectivity index (χ4n) is 2.06. The number of sulfonamides is 1. The van der Waals surface area contributed by atoms with Crippen LogP contribution in [0.3, 0.4) is 0 Å². The number of nitrogen functional groups attached to an aromatic ring is 1. The quantitative estimate of drug-likeness (QED) is 0.831. The molecule has 1 aliphatic rings. The van der Waals surface area contributed by atoms with Gasteiger partial charge in [0.05, 0.1) is 4.90 Å². The van der Waals surface area contributed by atoms with Gasteiger partial charge in [0.15, 0.2) is 0 Å². The smallest absolute Gasteiger partial charge is 0.243 e. The third kappa shape index (κ3) is 2.84. The second kappa shape index (κ2) is 4.90. The van der Waals surface area contributed by atoms with Crippen LogP contribution in [0, 0.1) is 12.8 Å². The zero-order valence-electron chi connectivity index (χ0n) is 10.9. The second-order valence-corrected chi connectivity index (χ2v) is 6.92. The van der Waals surface area contributed by atoms with E-state index < -0.39 is 10.0 Å². The van der Waals surface area contributed by atoms with Crippen molar-refractivity contribution in [1.82, 2.24) is 4.31 Å². The minimum Gasteiger partial charge on any atom is -0.399 e. The van der Waals surface area contributed by atoms with Gasteiger partial charge < -0.3 is 5.73 Å². The van der Waals surface area contributed by atoms with Gasteiger partial charge in [-0.15, -0.1) is 0 Å². The minimum absolute atomic E-state index is 0.308. The molecule has 0 radical (unpaired) electrons. The van der Waals surface area contributed by atoms with E-state index in [1.54, 1.807) is 16.4 Å². The number of hydrogen-bond donors (Lipinski definition) is 1. The molecular formula is C13H20N2O2S. The van der Waals surface area contributed by atoms with E-state index in [9.17, 15) is 8.42 Å². The largest absolute Gasteiger partial charge is 0.399 e. The summed E-state index contributed by atoms with van der Waals surface area (Å²) >= 11 is 0. The van der Waals surface area contributed by atoms with Crippen molar-refractivity contribution < 1.29 is 8.42 Å². The van der Waals surface area contributed by atoms with Gasteiger partial charge in [-0.05, 0) is 49.4 Å². The van der Waals surface area contributed by atoms with Crippen LogP contribution < -0.4 is 5.73 Å². The predicted octanol–water partition coefficient (Wildman–Crippen LogP) is 2.00. The number of aryl methyl sites for hydroxylation is 1. The molecule has 100 valence electrons. The highest BCUT2D eigenvalue weighted by Crippen LogP contribution is 2.31. The highest BCUT2D eigenvalue weighted by molar-refractivity contribution is 7.89. The Morgan fingerprint density at radius 3 is 2.50 bits per heavy atom. The van der Waals surface area contributed by atoms with Gasteiger partial charge in [-0.1, -0.05) is 6.92 Å². The molecule has 0 spiro atoms. The molecule has 5 heteroatoms. The van der Waals surface area contributed by atoms with Crippen molar-refractivity contribution in [3.05, 3.63) is 23.8 Å². The van der Waals surface area contributed by atoms with Crippen molar-refractivity contribution in [3.8, 4) is 0 Å². The summed E-state index contributed by atoms with van der Waals surface area (Å²) in [6, 6.07) is 5.00. The molecule has 4 nitrogen and oxygen atoms in total. The SMILES string of the molecule is CCN(CC1CC1)S(=O)(=O)c1cc(C)cc(N)c1. The fourth-order valence-corrected chi connectivity index (χ4v) is 3.73. The summed E-state index contributed by atoms with van der Waals surface area (Å²) in [5, 5.41) is 0. The standard InChI is InChI=1S/C13H20N2O2S/c1-3-15(9-11-4-5-11)18(16,17)13-7-10(2)6-12(14)8-13/h6-8,11H,3-5,9,14H2,1-2H3. The molecule has 1 aliphatic carbocycles. The molecule has 1 saturated carbocycles. The molecule has 2 rings (SSSR count). The monoisotopic (exact) mass is 268 g/mol. The summed E-state index contributed by atoms with van der Waals surface area (Å²) in [4.78, 5) is 0.308. The van der Waals surface area contributed by atoms with Crippen molar-refractivity contribution in [2.75, 3.05) is 18.8 Å². The first-order valence-electron chi connectivity index (χ1n) is 6.31. The van der Waals surface area contributed by atoms with Crippen LogP contribution in [0.25, 0.3) is 0 Å². The van der Waals surface area contributed by atoms with Crippen LogP contribution in [0.15, 0.2) is 23.1 Å². The van der Waals surface area contributed by atoms with E-state index in [1.165, 1.54) is 6.07 Å². The molecule has 0 amide bonds. The highest BCUT2D eigenvalue weighted by Gasteiger charge is 2.30. The van der Waals surface area contributed by atoms with Gasteiger partial charge in [0.25, 0.3) is 0 Å². The maximum atomic E-state index is 12.5.